The molecule has 1 rings (SSSR count). The Bertz CT molecular complexity index is 119. The molecular weight excluding hydrogens is 130 g/mol. The van der Waals surface area contributed by atoms with Crippen LogP contribution in [0.1, 0.15) is 19.3 Å². The Morgan fingerprint density at radius 3 is 3.00 bits per heavy atom. The molecule has 0 aromatic carbocycles. The second-order valence-electron chi connectivity index (χ2n) is 2.73. The molecule has 2 N–H and O–H groups in total. The summed E-state index contributed by atoms with van der Waals surface area (Å²) < 4.78 is 5.14. The van der Waals surface area contributed by atoms with Gasteiger partial charge in [-0.25, -0.2) is 0 Å². The van der Waals surface area contributed by atoms with Crippen molar-refractivity contribution in [3.05, 3.63) is 0 Å². The van der Waals surface area contributed by atoms with Crippen molar-refractivity contribution in [1.82, 2.24) is 0 Å². The summed E-state index contributed by atoms with van der Waals surface area (Å²) in [6, 6.07) is 0. The highest BCUT2D eigenvalue weighted by Gasteiger charge is 2.15. The molecule has 0 aliphatic carbocycles. The van der Waals surface area contributed by atoms with Crippen LogP contribution in [-0.2, 0) is 9.53 Å². The number of rotatable bonds is 3. The first kappa shape index (κ1) is 7.54. The molecule has 3 heteroatoms. The number of primary amides is 1. The molecule has 0 bridgehead atoms. The van der Waals surface area contributed by atoms with E-state index >= 15 is 0 Å². The minimum Gasteiger partial charge on any atom is -0.381 e. The van der Waals surface area contributed by atoms with Crippen LogP contribution in [0, 0.1) is 5.92 Å². The Morgan fingerprint density at radius 2 is 2.50 bits per heavy atom. The number of amides is 1. The van der Waals surface area contributed by atoms with Crippen LogP contribution in [0.5, 0.6) is 0 Å². The molecule has 1 atom stereocenters. The summed E-state index contributed by atoms with van der Waals surface area (Å²) in [6.45, 7) is 1.66. The van der Waals surface area contributed by atoms with Gasteiger partial charge in [0.1, 0.15) is 0 Å². The third-order valence-corrected chi connectivity index (χ3v) is 1.82. The molecule has 1 aliphatic rings. The van der Waals surface area contributed by atoms with Crippen LogP contribution in [-0.4, -0.2) is 19.1 Å². The lowest BCUT2D eigenvalue weighted by atomic mass is 10.0. The second kappa shape index (κ2) is 3.56. The van der Waals surface area contributed by atoms with E-state index in [4.69, 9.17) is 10.5 Å². The van der Waals surface area contributed by atoms with E-state index in [9.17, 15) is 4.79 Å². The maximum Gasteiger partial charge on any atom is 0.217 e. The molecule has 0 saturated carbocycles. The van der Waals surface area contributed by atoms with E-state index in [-0.39, 0.29) is 5.91 Å². The molecule has 10 heavy (non-hydrogen) atoms. The van der Waals surface area contributed by atoms with Gasteiger partial charge in [-0.3, -0.25) is 4.79 Å². The van der Waals surface area contributed by atoms with Gasteiger partial charge in [-0.1, -0.05) is 0 Å². The molecule has 1 fully saturated rings. The predicted octanol–water partition coefficient (Wildman–Crippen LogP) is 0.288. The van der Waals surface area contributed by atoms with Gasteiger partial charge in [-0.2, -0.15) is 0 Å². The van der Waals surface area contributed by atoms with Gasteiger partial charge in [0.05, 0.1) is 0 Å². The molecular formula is C7H13NO2. The van der Waals surface area contributed by atoms with Crippen molar-refractivity contribution in [3.8, 4) is 0 Å². The van der Waals surface area contributed by atoms with Crippen molar-refractivity contribution in [2.45, 2.75) is 19.3 Å². The summed E-state index contributed by atoms with van der Waals surface area (Å²) in [4.78, 5) is 10.3. The van der Waals surface area contributed by atoms with Crippen LogP contribution in [0.4, 0.5) is 0 Å². The lowest BCUT2D eigenvalue weighted by Crippen LogP contribution is -2.12. The van der Waals surface area contributed by atoms with E-state index in [0.29, 0.717) is 12.3 Å². The Kier molecular flexibility index (Phi) is 2.68. The molecule has 3 nitrogen and oxygen atoms in total. The summed E-state index contributed by atoms with van der Waals surface area (Å²) in [5.41, 5.74) is 4.99. The Hall–Kier alpha value is -0.570. The normalized spacial score (nSPS) is 25.0. The smallest absolute Gasteiger partial charge is 0.217 e. The molecule has 1 saturated heterocycles. The molecule has 0 aromatic heterocycles. The SMILES string of the molecule is NC(=O)CCC1CCOC1. The van der Waals surface area contributed by atoms with E-state index in [1.165, 1.54) is 0 Å². The first-order chi connectivity index (χ1) is 4.79. The van der Waals surface area contributed by atoms with Crippen molar-refractivity contribution in [3.63, 3.8) is 0 Å². The first-order valence-electron chi connectivity index (χ1n) is 3.65. The summed E-state index contributed by atoms with van der Waals surface area (Å²) >= 11 is 0. The Morgan fingerprint density at radius 1 is 1.70 bits per heavy atom. The quantitative estimate of drug-likeness (QED) is 0.617. The fourth-order valence-corrected chi connectivity index (χ4v) is 1.16. The summed E-state index contributed by atoms with van der Waals surface area (Å²) in [7, 11) is 0. The molecule has 58 valence electrons. The van der Waals surface area contributed by atoms with E-state index in [1.807, 2.05) is 0 Å². The fraction of sp³-hybridized carbons (Fsp3) is 0.857. The molecule has 0 radical (unpaired) electrons. The second-order valence-corrected chi connectivity index (χ2v) is 2.73. The maximum atomic E-state index is 10.3. The minimum absolute atomic E-state index is 0.202. The van der Waals surface area contributed by atoms with E-state index in [1.54, 1.807) is 0 Å². The Balaban J connectivity index is 2.07. The number of ether oxygens (including phenoxy) is 1. The van der Waals surface area contributed by atoms with E-state index in [0.717, 1.165) is 26.1 Å². The van der Waals surface area contributed by atoms with Crippen molar-refractivity contribution < 1.29 is 9.53 Å². The van der Waals surface area contributed by atoms with Gasteiger partial charge in [0.25, 0.3) is 0 Å². The molecule has 1 heterocycles. The van der Waals surface area contributed by atoms with Gasteiger partial charge in [0, 0.05) is 19.6 Å². The van der Waals surface area contributed by atoms with Crippen LogP contribution < -0.4 is 5.73 Å². The lowest BCUT2D eigenvalue weighted by Gasteiger charge is -2.02. The third kappa shape index (κ3) is 2.35. The van der Waals surface area contributed by atoms with Gasteiger partial charge < -0.3 is 10.5 Å². The van der Waals surface area contributed by atoms with Crippen molar-refractivity contribution >= 4 is 5.91 Å². The number of hydrogen-bond donors (Lipinski definition) is 1. The molecule has 1 amide bonds. The number of nitrogens with two attached hydrogens (primary N) is 1. The highest BCUT2D eigenvalue weighted by atomic mass is 16.5. The number of carbonyl (C=O) groups excluding carboxylic acids is 1. The van der Waals surface area contributed by atoms with Crippen LogP contribution in [0.2, 0.25) is 0 Å². The van der Waals surface area contributed by atoms with E-state index in [2.05, 4.69) is 0 Å². The highest BCUT2D eigenvalue weighted by molar-refractivity contribution is 5.73. The zero-order valence-electron chi connectivity index (χ0n) is 6.01. The fourth-order valence-electron chi connectivity index (χ4n) is 1.16. The standard InChI is InChI=1S/C7H13NO2/c8-7(9)2-1-6-3-4-10-5-6/h6H,1-5H2,(H2,8,9). The third-order valence-electron chi connectivity index (χ3n) is 1.82. The topological polar surface area (TPSA) is 52.3 Å². The van der Waals surface area contributed by atoms with Crippen molar-refractivity contribution in [2.75, 3.05) is 13.2 Å². The number of hydrogen-bond acceptors (Lipinski definition) is 2. The van der Waals surface area contributed by atoms with Crippen molar-refractivity contribution in [2.24, 2.45) is 11.7 Å². The zero-order valence-corrected chi connectivity index (χ0v) is 6.01. The average Bonchev–Trinajstić information content (AvgIpc) is 2.34. The first-order valence-corrected chi connectivity index (χ1v) is 3.65. The highest BCUT2D eigenvalue weighted by Crippen LogP contribution is 2.17. The monoisotopic (exact) mass is 143 g/mol. The molecule has 1 aliphatic heterocycles. The predicted molar refractivity (Wildman–Crippen MR) is 37.4 cm³/mol. The largest absolute Gasteiger partial charge is 0.381 e. The average molecular weight is 143 g/mol. The maximum absolute atomic E-state index is 10.3. The summed E-state index contributed by atoms with van der Waals surface area (Å²) in [5, 5.41) is 0. The summed E-state index contributed by atoms with van der Waals surface area (Å²) in [5.74, 6) is 0.374. The molecule has 0 aromatic rings. The van der Waals surface area contributed by atoms with Crippen LogP contribution in [0.25, 0.3) is 0 Å². The van der Waals surface area contributed by atoms with E-state index < -0.39 is 0 Å². The molecule has 0 spiro atoms. The van der Waals surface area contributed by atoms with Crippen molar-refractivity contribution in [1.29, 1.82) is 0 Å². The molecule has 1 unspecified atom stereocenters. The van der Waals surface area contributed by atoms with Crippen LogP contribution in [0.15, 0.2) is 0 Å². The Labute approximate surface area is 60.5 Å². The van der Waals surface area contributed by atoms with Gasteiger partial charge in [-0.15, -0.1) is 0 Å². The number of carbonyl (C=O) groups is 1. The van der Waals surface area contributed by atoms with Gasteiger partial charge >= 0.3 is 0 Å². The minimum atomic E-state index is -0.202. The lowest BCUT2D eigenvalue weighted by molar-refractivity contribution is -0.118. The van der Waals surface area contributed by atoms with Gasteiger partial charge in [-0.05, 0) is 18.8 Å². The van der Waals surface area contributed by atoms with Gasteiger partial charge in [0.2, 0.25) is 5.91 Å². The van der Waals surface area contributed by atoms with Crippen LogP contribution in [0.3, 0.4) is 0 Å². The zero-order chi connectivity index (χ0) is 7.40. The van der Waals surface area contributed by atoms with Gasteiger partial charge in [0.15, 0.2) is 0 Å². The van der Waals surface area contributed by atoms with Crippen LogP contribution >= 0.6 is 0 Å². The summed E-state index contributed by atoms with van der Waals surface area (Å²) in [6.07, 6.45) is 2.50.